The highest BCUT2D eigenvalue weighted by Gasteiger charge is 2.68. The zero-order valence-electron chi connectivity index (χ0n) is 12.8. The molecule has 0 amide bonds. The van der Waals surface area contributed by atoms with E-state index in [2.05, 4.69) is 34.6 Å². The van der Waals surface area contributed by atoms with E-state index in [1.165, 1.54) is 6.42 Å². The zero-order valence-corrected chi connectivity index (χ0v) is 13.5. The zero-order chi connectivity index (χ0) is 14.0. The molecule has 19 heavy (non-hydrogen) atoms. The molecule has 0 aromatic heterocycles. The lowest BCUT2D eigenvalue weighted by molar-refractivity contribution is -0.199. The Morgan fingerprint density at radius 1 is 1.26 bits per heavy atom. The van der Waals surface area contributed by atoms with Gasteiger partial charge < -0.3 is 9.31 Å². The molecule has 0 aromatic rings. The van der Waals surface area contributed by atoms with Crippen LogP contribution in [0.1, 0.15) is 53.9 Å². The van der Waals surface area contributed by atoms with Crippen molar-refractivity contribution < 1.29 is 9.31 Å². The second-order valence-electron chi connectivity index (χ2n) is 7.98. The van der Waals surface area contributed by atoms with Crippen LogP contribution in [0.25, 0.3) is 0 Å². The quantitative estimate of drug-likeness (QED) is 0.578. The molecule has 3 aliphatic carbocycles. The first-order valence-electron chi connectivity index (χ1n) is 7.72. The van der Waals surface area contributed by atoms with Gasteiger partial charge in [0.15, 0.2) is 0 Å². The molecule has 4 rings (SSSR count). The van der Waals surface area contributed by atoms with Gasteiger partial charge in [-0.2, -0.15) is 0 Å². The van der Waals surface area contributed by atoms with E-state index in [1.54, 1.807) is 0 Å². The number of hydrogen-bond donors (Lipinski definition) is 0. The van der Waals surface area contributed by atoms with Gasteiger partial charge in [0.05, 0.1) is 17.0 Å². The Balaban J connectivity index is 1.74. The molecule has 0 spiro atoms. The van der Waals surface area contributed by atoms with Crippen molar-refractivity contribution in [3.8, 4) is 0 Å². The summed E-state index contributed by atoms with van der Waals surface area (Å²) in [5, 5.41) is -0.0252. The highest BCUT2D eigenvalue weighted by atomic mass is 35.5. The normalized spacial score (nSPS) is 45.0. The smallest absolute Gasteiger partial charge is 0.404 e. The van der Waals surface area contributed by atoms with Crippen LogP contribution in [0.3, 0.4) is 0 Å². The lowest BCUT2D eigenvalue weighted by Gasteiger charge is -2.64. The van der Waals surface area contributed by atoms with Crippen LogP contribution < -0.4 is 0 Å². The molecule has 1 aliphatic heterocycles. The average molecular weight is 285 g/mol. The van der Waals surface area contributed by atoms with Gasteiger partial charge >= 0.3 is 7.12 Å². The summed E-state index contributed by atoms with van der Waals surface area (Å²) in [5.41, 5.74) is 0.288. The van der Waals surface area contributed by atoms with E-state index < -0.39 is 0 Å². The summed E-state index contributed by atoms with van der Waals surface area (Å²) < 4.78 is 12.5. The van der Waals surface area contributed by atoms with Crippen LogP contribution in [-0.2, 0) is 9.31 Å². The summed E-state index contributed by atoms with van der Waals surface area (Å²) in [6, 6.07) is 0. The molecule has 0 aromatic carbocycles. The first-order valence-corrected chi connectivity index (χ1v) is 8.16. The van der Waals surface area contributed by atoms with Crippen LogP contribution >= 0.6 is 11.6 Å². The van der Waals surface area contributed by atoms with Gasteiger partial charge in [-0.3, -0.25) is 0 Å². The summed E-state index contributed by atoms with van der Waals surface area (Å²) in [5.74, 6) is 2.00. The molecule has 5 unspecified atom stereocenters. The van der Waals surface area contributed by atoms with Crippen LogP contribution in [0.15, 0.2) is 0 Å². The highest BCUT2D eigenvalue weighted by Crippen LogP contribution is 2.65. The van der Waals surface area contributed by atoms with E-state index in [1.807, 2.05) is 0 Å². The van der Waals surface area contributed by atoms with Crippen molar-refractivity contribution in [2.75, 3.05) is 0 Å². The third kappa shape index (κ3) is 1.99. The fourth-order valence-electron chi connectivity index (χ4n) is 4.61. The Morgan fingerprint density at radius 3 is 2.53 bits per heavy atom. The average Bonchev–Trinajstić information content (AvgIpc) is 2.64. The summed E-state index contributed by atoms with van der Waals surface area (Å²) in [7, 11) is -0.214. The van der Waals surface area contributed by atoms with Crippen molar-refractivity contribution in [3.63, 3.8) is 0 Å². The largest absolute Gasteiger partial charge is 0.476 e. The Morgan fingerprint density at radius 2 is 1.95 bits per heavy atom. The minimum atomic E-state index is -0.214. The van der Waals surface area contributed by atoms with Crippen molar-refractivity contribution in [1.29, 1.82) is 0 Å². The predicted octanol–water partition coefficient (Wildman–Crippen LogP) is 3.91. The lowest BCUT2D eigenvalue weighted by Crippen LogP contribution is -2.65. The molecule has 108 valence electrons. The van der Waals surface area contributed by atoms with Crippen LogP contribution in [0.5, 0.6) is 0 Å². The summed E-state index contributed by atoms with van der Waals surface area (Å²) in [6.07, 6.45) is 3.64. The SMILES string of the molecule is CC(C)CC(Cl)B1OC2CC3CC(C3(C)C)C2(C)O1. The Labute approximate surface area is 122 Å². The molecule has 2 nitrogen and oxygen atoms in total. The van der Waals surface area contributed by atoms with E-state index in [0.29, 0.717) is 17.3 Å². The molecule has 2 bridgehead atoms. The molecule has 4 aliphatic rings. The van der Waals surface area contributed by atoms with Gasteiger partial charge in [0.2, 0.25) is 0 Å². The standard InChI is InChI=1S/C15H26BClO2/c1-9(2)6-13(17)16-18-12-8-10-7-11(14(10,3)4)15(12,5)19-16/h9-13H,6-8H2,1-5H3. The predicted molar refractivity (Wildman–Crippen MR) is 79.2 cm³/mol. The fourth-order valence-corrected chi connectivity index (χ4v) is 5.08. The van der Waals surface area contributed by atoms with Crippen molar-refractivity contribution in [2.45, 2.75) is 70.9 Å². The first kappa shape index (κ1) is 14.2. The number of rotatable bonds is 3. The van der Waals surface area contributed by atoms with Gasteiger partial charge in [0.1, 0.15) is 0 Å². The Hall–Kier alpha value is 0.275. The molecule has 1 saturated heterocycles. The number of hydrogen-bond acceptors (Lipinski definition) is 2. The molecule has 4 fully saturated rings. The van der Waals surface area contributed by atoms with Crippen molar-refractivity contribution >= 4 is 18.7 Å². The van der Waals surface area contributed by atoms with Gasteiger partial charge in [-0.25, -0.2) is 0 Å². The lowest BCUT2D eigenvalue weighted by atomic mass is 9.43. The van der Waals surface area contributed by atoms with E-state index >= 15 is 0 Å². The Bertz CT molecular complexity index is 373. The first-order chi connectivity index (χ1) is 8.75. The molecular weight excluding hydrogens is 258 g/mol. The molecule has 0 N–H and O–H groups in total. The second-order valence-corrected chi connectivity index (χ2v) is 8.54. The summed E-state index contributed by atoms with van der Waals surface area (Å²) in [4.78, 5) is 0. The maximum absolute atomic E-state index is 6.49. The minimum absolute atomic E-state index is 0.0252. The van der Waals surface area contributed by atoms with Crippen LogP contribution in [-0.4, -0.2) is 24.1 Å². The number of alkyl halides is 1. The van der Waals surface area contributed by atoms with Gasteiger partial charge in [-0.05, 0) is 49.4 Å². The van der Waals surface area contributed by atoms with Gasteiger partial charge in [-0.1, -0.05) is 27.7 Å². The van der Waals surface area contributed by atoms with Gasteiger partial charge in [0, 0.05) is 0 Å². The van der Waals surface area contributed by atoms with E-state index in [9.17, 15) is 0 Å². The second kappa shape index (κ2) is 4.38. The topological polar surface area (TPSA) is 18.5 Å². The van der Waals surface area contributed by atoms with Gasteiger partial charge in [-0.15, -0.1) is 11.6 Å². The third-order valence-corrected chi connectivity index (χ3v) is 6.34. The van der Waals surface area contributed by atoms with E-state index in [4.69, 9.17) is 20.9 Å². The third-order valence-electron chi connectivity index (χ3n) is 5.96. The molecule has 1 heterocycles. The fraction of sp³-hybridized carbons (Fsp3) is 1.00. The monoisotopic (exact) mass is 284 g/mol. The minimum Gasteiger partial charge on any atom is -0.404 e. The number of halogens is 1. The highest BCUT2D eigenvalue weighted by molar-refractivity contribution is 6.59. The van der Waals surface area contributed by atoms with Crippen molar-refractivity contribution in [2.24, 2.45) is 23.2 Å². The van der Waals surface area contributed by atoms with Crippen LogP contribution in [0.4, 0.5) is 0 Å². The molecule has 5 atom stereocenters. The van der Waals surface area contributed by atoms with Crippen LogP contribution in [0.2, 0.25) is 0 Å². The van der Waals surface area contributed by atoms with Crippen LogP contribution in [0, 0.1) is 23.2 Å². The van der Waals surface area contributed by atoms with Gasteiger partial charge in [0.25, 0.3) is 0 Å². The van der Waals surface area contributed by atoms with Crippen molar-refractivity contribution in [1.82, 2.24) is 0 Å². The molecular formula is C15H26BClO2. The van der Waals surface area contributed by atoms with E-state index in [0.717, 1.165) is 18.8 Å². The maximum atomic E-state index is 6.49. The van der Waals surface area contributed by atoms with Crippen molar-refractivity contribution in [3.05, 3.63) is 0 Å². The Kier molecular flexibility index (Phi) is 3.28. The molecule has 4 heteroatoms. The summed E-state index contributed by atoms with van der Waals surface area (Å²) in [6.45, 7) is 11.4. The summed E-state index contributed by atoms with van der Waals surface area (Å²) >= 11 is 6.49. The molecule has 0 radical (unpaired) electrons. The maximum Gasteiger partial charge on any atom is 0.476 e. The molecule has 3 saturated carbocycles. The van der Waals surface area contributed by atoms with E-state index in [-0.39, 0.29) is 24.1 Å².